The van der Waals surface area contributed by atoms with Gasteiger partial charge in [-0.05, 0) is 55.3 Å². The highest BCUT2D eigenvalue weighted by molar-refractivity contribution is 6.45. The minimum absolute atomic E-state index is 0.0614. The molecule has 3 aliphatic carbocycles. The lowest BCUT2D eigenvalue weighted by Crippen LogP contribution is -2.65. The Morgan fingerprint density at radius 3 is 2.67 bits per heavy atom. The van der Waals surface area contributed by atoms with Crippen LogP contribution in [0.2, 0.25) is 6.32 Å². The fourth-order valence-corrected chi connectivity index (χ4v) is 5.54. The Balaban J connectivity index is 1.27. The molecule has 0 spiro atoms. The Kier molecular flexibility index (Phi) is 5.57. The van der Waals surface area contributed by atoms with E-state index in [0.717, 1.165) is 12.0 Å². The summed E-state index contributed by atoms with van der Waals surface area (Å²) in [7, 11) is -0.445. The van der Waals surface area contributed by atoms with E-state index < -0.39 is 25.2 Å². The summed E-state index contributed by atoms with van der Waals surface area (Å²) >= 11 is 0. The predicted octanol–water partition coefficient (Wildman–Crippen LogP) is 3.48. The second kappa shape index (κ2) is 7.89. The van der Waals surface area contributed by atoms with Crippen LogP contribution in [0.25, 0.3) is 0 Å². The van der Waals surface area contributed by atoms with Gasteiger partial charge >= 0.3 is 19.2 Å². The number of alkyl carbamates (subject to hydrolysis) is 1. The number of ether oxygens (including phenoxy) is 1. The number of benzene rings is 1. The van der Waals surface area contributed by atoms with E-state index in [0.29, 0.717) is 18.2 Å². The average Bonchev–Trinajstić information content (AvgIpc) is 3.05. The molecule has 1 aliphatic heterocycles. The van der Waals surface area contributed by atoms with E-state index >= 15 is 0 Å². The van der Waals surface area contributed by atoms with Crippen LogP contribution in [-0.2, 0) is 25.4 Å². The van der Waals surface area contributed by atoms with E-state index in [1.165, 1.54) is 6.42 Å². The lowest BCUT2D eigenvalue weighted by Gasteiger charge is -2.64. The molecule has 4 aliphatic rings. The van der Waals surface area contributed by atoms with Crippen molar-refractivity contribution in [2.45, 2.75) is 70.7 Å². The first kappa shape index (κ1) is 21.2. The van der Waals surface area contributed by atoms with Gasteiger partial charge in [-0.15, -0.1) is 0 Å². The van der Waals surface area contributed by atoms with E-state index in [-0.39, 0.29) is 30.1 Å². The molecule has 4 fully saturated rings. The van der Waals surface area contributed by atoms with Crippen molar-refractivity contribution >= 4 is 19.2 Å². The minimum Gasteiger partial charge on any atom is -0.480 e. The first-order chi connectivity index (χ1) is 14.2. The number of carboxylic acid groups (broad SMARTS) is 1. The molecule has 8 heteroatoms. The summed E-state index contributed by atoms with van der Waals surface area (Å²) in [5, 5.41) is 11.9. The molecule has 1 aromatic rings. The van der Waals surface area contributed by atoms with Crippen molar-refractivity contribution in [3.05, 3.63) is 35.9 Å². The van der Waals surface area contributed by atoms with Gasteiger partial charge in [0.05, 0.1) is 11.7 Å². The zero-order valence-corrected chi connectivity index (χ0v) is 17.8. The zero-order chi connectivity index (χ0) is 21.5. The number of hydrogen-bond acceptors (Lipinski definition) is 5. The molecule has 5 atom stereocenters. The first-order valence-electron chi connectivity index (χ1n) is 10.7. The van der Waals surface area contributed by atoms with Gasteiger partial charge in [0, 0.05) is 0 Å². The fraction of sp³-hybridized carbons (Fsp3) is 0.636. The summed E-state index contributed by atoms with van der Waals surface area (Å²) in [5.41, 5.74) is 0.783. The van der Waals surface area contributed by atoms with Crippen LogP contribution in [0.4, 0.5) is 4.79 Å². The Bertz CT molecular complexity index is 802. The standard InChI is InChI=1S/C22H30BNO6/c1-21(2)15-11-17(21)22(3)18(12-15)29-23(30-22)10-9-16(19(25)26)24-20(27)28-13-14-7-5-4-6-8-14/h4-8,15-18H,9-13H2,1-3H3,(H,24,27)(H,25,26)/t15-,16-,17-,18+,22-/m0/s1. The normalized spacial score (nSPS) is 32.0. The largest absolute Gasteiger partial charge is 0.480 e. The molecule has 1 saturated heterocycles. The topological polar surface area (TPSA) is 94.1 Å². The van der Waals surface area contributed by atoms with Gasteiger partial charge in [0.1, 0.15) is 12.6 Å². The van der Waals surface area contributed by atoms with Gasteiger partial charge in [0.2, 0.25) is 0 Å². The van der Waals surface area contributed by atoms with Crippen LogP contribution in [0.15, 0.2) is 30.3 Å². The molecule has 7 nitrogen and oxygen atoms in total. The van der Waals surface area contributed by atoms with Crippen molar-refractivity contribution in [3.63, 3.8) is 0 Å². The van der Waals surface area contributed by atoms with Crippen LogP contribution in [0.5, 0.6) is 0 Å². The van der Waals surface area contributed by atoms with Crippen molar-refractivity contribution in [3.8, 4) is 0 Å². The quantitative estimate of drug-likeness (QED) is 0.663. The van der Waals surface area contributed by atoms with Crippen molar-refractivity contribution in [1.29, 1.82) is 0 Å². The van der Waals surface area contributed by atoms with Crippen LogP contribution in [0.3, 0.4) is 0 Å². The molecule has 0 radical (unpaired) electrons. The highest BCUT2D eigenvalue weighted by Crippen LogP contribution is 2.65. The number of carbonyl (C=O) groups is 2. The number of carboxylic acids is 1. The van der Waals surface area contributed by atoms with Gasteiger partial charge in [0.15, 0.2) is 0 Å². The van der Waals surface area contributed by atoms with E-state index in [1.54, 1.807) is 0 Å². The molecule has 5 rings (SSSR count). The lowest BCUT2D eigenvalue weighted by atomic mass is 9.43. The summed E-state index contributed by atoms with van der Waals surface area (Å²) in [4.78, 5) is 23.7. The highest BCUT2D eigenvalue weighted by Gasteiger charge is 2.67. The average molecular weight is 415 g/mol. The Morgan fingerprint density at radius 1 is 1.27 bits per heavy atom. The van der Waals surface area contributed by atoms with Crippen molar-refractivity contribution in [1.82, 2.24) is 5.32 Å². The summed E-state index contributed by atoms with van der Waals surface area (Å²) in [6.45, 7) is 6.82. The summed E-state index contributed by atoms with van der Waals surface area (Å²) in [6.07, 6.45) is 2.08. The van der Waals surface area contributed by atoms with Crippen molar-refractivity contribution < 1.29 is 28.7 Å². The number of nitrogens with one attached hydrogen (secondary N) is 1. The second-order valence-corrected chi connectivity index (χ2v) is 9.57. The van der Waals surface area contributed by atoms with Crippen LogP contribution in [0.1, 0.15) is 45.6 Å². The molecule has 162 valence electrons. The molecular weight excluding hydrogens is 385 g/mol. The fourth-order valence-electron chi connectivity index (χ4n) is 5.54. The smallest absolute Gasteiger partial charge is 0.457 e. The zero-order valence-electron chi connectivity index (χ0n) is 17.8. The summed E-state index contributed by atoms with van der Waals surface area (Å²) in [6, 6.07) is 8.19. The second-order valence-electron chi connectivity index (χ2n) is 9.57. The van der Waals surface area contributed by atoms with Gasteiger partial charge in [-0.3, -0.25) is 0 Å². The van der Waals surface area contributed by atoms with Gasteiger partial charge in [0.25, 0.3) is 0 Å². The maximum Gasteiger partial charge on any atom is 0.457 e. The highest BCUT2D eigenvalue weighted by atomic mass is 16.7. The molecule has 2 bridgehead atoms. The monoisotopic (exact) mass is 415 g/mol. The number of rotatable bonds is 7. The summed E-state index contributed by atoms with van der Waals surface area (Å²) in [5.74, 6) is 0.0209. The van der Waals surface area contributed by atoms with E-state index in [4.69, 9.17) is 14.0 Å². The number of amides is 1. The summed E-state index contributed by atoms with van der Waals surface area (Å²) < 4.78 is 17.6. The third-order valence-corrected chi connectivity index (χ3v) is 7.50. The van der Waals surface area contributed by atoms with E-state index in [1.807, 2.05) is 30.3 Å². The third kappa shape index (κ3) is 3.83. The molecular formula is C22H30BNO6. The van der Waals surface area contributed by atoms with Gasteiger partial charge in [-0.25, -0.2) is 9.59 Å². The van der Waals surface area contributed by atoms with Crippen LogP contribution < -0.4 is 5.32 Å². The number of aliphatic carboxylic acids is 1. The lowest BCUT2D eigenvalue weighted by molar-refractivity contribution is -0.199. The number of carbonyl (C=O) groups excluding carboxylic acids is 1. The molecule has 0 unspecified atom stereocenters. The first-order valence-corrected chi connectivity index (χ1v) is 10.7. The van der Waals surface area contributed by atoms with Gasteiger partial charge in [-0.2, -0.15) is 0 Å². The molecule has 30 heavy (non-hydrogen) atoms. The van der Waals surface area contributed by atoms with Crippen LogP contribution in [-0.4, -0.2) is 42.0 Å². The van der Waals surface area contributed by atoms with Crippen LogP contribution in [0, 0.1) is 17.3 Å². The minimum atomic E-state index is -1.10. The maximum absolute atomic E-state index is 12.0. The molecule has 0 aromatic heterocycles. The third-order valence-electron chi connectivity index (χ3n) is 7.50. The molecule has 2 N–H and O–H groups in total. The van der Waals surface area contributed by atoms with Crippen molar-refractivity contribution in [2.24, 2.45) is 17.3 Å². The molecule has 1 aromatic carbocycles. The Hall–Kier alpha value is -2.06. The van der Waals surface area contributed by atoms with Crippen LogP contribution >= 0.6 is 0 Å². The number of hydrogen-bond donors (Lipinski definition) is 2. The Labute approximate surface area is 177 Å². The molecule has 3 saturated carbocycles. The SMILES string of the molecule is CC1(C)[C@@H]2C[C@H]3OB(CC[C@H](NC(=O)OCc4ccccc4)C(=O)O)O[C@@]3(C)[C@H]1C2. The predicted molar refractivity (Wildman–Crippen MR) is 111 cm³/mol. The molecule has 1 amide bonds. The Morgan fingerprint density at radius 2 is 2.00 bits per heavy atom. The van der Waals surface area contributed by atoms with E-state index in [9.17, 15) is 14.7 Å². The van der Waals surface area contributed by atoms with E-state index in [2.05, 4.69) is 26.1 Å². The van der Waals surface area contributed by atoms with Gasteiger partial charge in [-0.1, -0.05) is 44.2 Å². The van der Waals surface area contributed by atoms with Crippen molar-refractivity contribution in [2.75, 3.05) is 0 Å². The van der Waals surface area contributed by atoms with Gasteiger partial charge < -0.3 is 24.5 Å². The molecule has 1 heterocycles. The maximum atomic E-state index is 12.0.